The maximum Gasteiger partial charge on any atom is 0.335 e. The first-order chi connectivity index (χ1) is 12.8. The highest BCUT2D eigenvalue weighted by Crippen LogP contribution is 2.18. The average Bonchev–Trinajstić information content (AvgIpc) is 2.97. The Balaban J connectivity index is 1.86. The largest absolute Gasteiger partial charge is 0.481 e. The normalized spacial score (nSPS) is 11.2. The number of ether oxygens (including phenoxy) is 2. The van der Waals surface area contributed by atoms with Crippen molar-refractivity contribution in [1.82, 2.24) is 24.1 Å². The van der Waals surface area contributed by atoms with Crippen LogP contribution in [-0.2, 0) is 10.0 Å². The predicted molar refractivity (Wildman–Crippen MR) is 89.6 cm³/mol. The molecular formula is C14H13FN6O5S. The summed E-state index contributed by atoms with van der Waals surface area (Å²) in [5.41, 5.74) is 0.0663. The molecule has 142 valence electrons. The molecule has 0 bridgehead atoms. The molecule has 13 heteroatoms. The molecule has 3 rings (SSSR count). The monoisotopic (exact) mass is 396 g/mol. The number of halogens is 1. The van der Waals surface area contributed by atoms with Crippen molar-refractivity contribution in [2.75, 3.05) is 19.5 Å². The highest BCUT2D eigenvalue weighted by Gasteiger charge is 2.28. The van der Waals surface area contributed by atoms with Crippen molar-refractivity contribution in [1.29, 1.82) is 0 Å². The molecule has 0 saturated carbocycles. The van der Waals surface area contributed by atoms with Gasteiger partial charge >= 0.3 is 6.03 Å². The molecule has 3 aromatic heterocycles. The van der Waals surface area contributed by atoms with Crippen molar-refractivity contribution >= 4 is 27.6 Å². The van der Waals surface area contributed by atoms with Crippen molar-refractivity contribution in [3.8, 4) is 11.8 Å². The maximum absolute atomic E-state index is 14.0. The molecule has 0 saturated heterocycles. The van der Waals surface area contributed by atoms with Crippen molar-refractivity contribution in [2.24, 2.45) is 0 Å². The molecule has 0 aliphatic rings. The number of nitrogens with zero attached hydrogens (tertiary/aromatic N) is 4. The van der Waals surface area contributed by atoms with E-state index in [0.29, 0.717) is 0 Å². The molecule has 3 aromatic rings. The summed E-state index contributed by atoms with van der Waals surface area (Å²) in [6, 6.07) is 4.61. The number of carbonyl (C=O) groups is 1. The van der Waals surface area contributed by atoms with Crippen LogP contribution in [0.25, 0.3) is 5.65 Å². The summed E-state index contributed by atoms with van der Waals surface area (Å²) >= 11 is 0. The number of rotatable bonds is 5. The molecule has 0 atom stereocenters. The minimum Gasteiger partial charge on any atom is -0.481 e. The third kappa shape index (κ3) is 3.72. The lowest BCUT2D eigenvalue weighted by Crippen LogP contribution is -2.35. The van der Waals surface area contributed by atoms with Gasteiger partial charge in [-0.2, -0.15) is 27.8 Å². The Hall–Kier alpha value is -3.48. The van der Waals surface area contributed by atoms with Gasteiger partial charge < -0.3 is 9.47 Å². The van der Waals surface area contributed by atoms with Crippen LogP contribution in [0.5, 0.6) is 11.8 Å². The smallest absolute Gasteiger partial charge is 0.335 e. The first-order valence-electron chi connectivity index (χ1n) is 7.27. The Morgan fingerprint density at radius 2 is 1.81 bits per heavy atom. The first-order valence-corrected chi connectivity index (χ1v) is 8.76. The van der Waals surface area contributed by atoms with E-state index in [4.69, 9.17) is 9.47 Å². The van der Waals surface area contributed by atoms with Gasteiger partial charge in [0, 0.05) is 6.20 Å². The average molecular weight is 396 g/mol. The number of anilines is 1. The van der Waals surface area contributed by atoms with Gasteiger partial charge in [-0.15, -0.1) is 0 Å². The third-order valence-electron chi connectivity index (χ3n) is 3.25. The van der Waals surface area contributed by atoms with Gasteiger partial charge in [0.25, 0.3) is 16.0 Å². The van der Waals surface area contributed by atoms with E-state index in [-0.39, 0.29) is 23.4 Å². The lowest BCUT2D eigenvalue weighted by atomic mass is 10.5. The van der Waals surface area contributed by atoms with E-state index >= 15 is 0 Å². The Morgan fingerprint density at radius 3 is 2.44 bits per heavy atom. The zero-order valence-corrected chi connectivity index (χ0v) is 14.8. The van der Waals surface area contributed by atoms with Gasteiger partial charge in [0.05, 0.1) is 20.3 Å². The fourth-order valence-corrected chi connectivity index (χ4v) is 3.22. The molecule has 27 heavy (non-hydrogen) atoms. The summed E-state index contributed by atoms with van der Waals surface area (Å²) in [4.78, 5) is 23.2. The number of methoxy groups -OCH3 is 2. The second-order valence-electron chi connectivity index (χ2n) is 4.97. The summed E-state index contributed by atoms with van der Waals surface area (Å²) in [6.45, 7) is 0. The van der Waals surface area contributed by atoms with Crippen molar-refractivity contribution < 1.29 is 27.1 Å². The number of carbonyl (C=O) groups excluding carboxylic acids is 1. The van der Waals surface area contributed by atoms with Gasteiger partial charge in [-0.3, -0.25) is 9.72 Å². The molecule has 0 aromatic carbocycles. The number of hydrogen-bond donors (Lipinski definition) is 2. The Labute approximate surface area is 152 Å². The van der Waals surface area contributed by atoms with Crippen LogP contribution < -0.4 is 19.5 Å². The molecule has 0 fully saturated rings. The van der Waals surface area contributed by atoms with Gasteiger partial charge in [-0.1, -0.05) is 6.07 Å². The summed E-state index contributed by atoms with van der Waals surface area (Å²) in [5, 5.41) is 1.31. The molecule has 0 radical (unpaired) electrons. The Kier molecular flexibility index (Phi) is 4.77. The third-order valence-corrected chi connectivity index (χ3v) is 4.58. The van der Waals surface area contributed by atoms with Gasteiger partial charge in [0.2, 0.25) is 22.7 Å². The Morgan fingerprint density at radius 1 is 1.15 bits per heavy atom. The number of amides is 2. The minimum absolute atomic E-state index is 0.0663. The standard InChI is InChI=1S/C14H13FN6O5S/c1-25-9-7-10(26-2)18-13(17-9)19-14(22)20-27(23,24)12-11(15)16-8-5-3-4-6-21(8)12/h3-7H,1-2H3,(H2,17,18,19,20,22). The van der Waals surface area contributed by atoms with Crippen LogP contribution in [-0.4, -0.2) is 48.0 Å². The maximum atomic E-state index is 14.0. The molecule has 2 N–H and O–H groups in total. The van der Waals surface area contributed by atoms with Crippen LogP contribution in [0, 0.1) is 5.95 Å². The minimum atomic E-state index is -4.58. The van der Waals surface area contributed by atoms with Crippen LogP contribution in [0.15, 0.2) is 35.5 Å². The predicted octanol–water partition coefficient (Wildman–Crippen LogP) is 0.791. The number of hydrogen-bond acceptors (Lipinski definition) is 8. The quantitative estimate of drug-likeness (QED) is 0.646. The zero-order chi connectivity index (χ0) is 19.6. The van der Waals surface area contributed by atoms with E-state index < -0.39 is 27.0 Å². The van der Waals surface area contributed by atoms with E-state index in [2.05, 4.69) is 20.3 Å². The molecule has 2 amide bonds. The molecule has 11 nitrogen and oxygen atoms in total. The lowest BCUT2D eigenvalue weighted by Gasteiger charge is -2.09. The van der Waals surface area contributed by atoms with Crippen LogP contribution in [0.4, 0.5) is 15.1 Å². The highest BCUT2D eigenvalue weighted by atomic mass is 32.2. The van der Waals surface area contributed by atoms with Gasteiger partial charge in [0.15, 0.2) is 0 Å². The molecule has 0 spiro atoms. The van der Waals surface area contributed by atoms with E-state index in [0.717, 1.165) is 4.40 Å². The van der Waals surface area contributed by atoms with Crippen molar-refractivity contribution in [3.05, 3.63) is 36.4 Å². The number of aromatic nitrogens is 4. The van der Waals surface area contributed by atoms with E-state index in [1.165, 1.54) is 38.6 Å². The Bertz CT molecular complexity index is 1090. The fourth-order valence-electron chi connectivity index (χ4n) is 2.15. The first kappa shape index (κ1) is 18.3. The molecule has 0 aliphatic carbocycles. The summed E-state index contributed by atoms with van der Waals surface area (Å²) in [5.74, 6) is -1.38. The summed E-state index contributed by atoms with van der Waals surface area (Å²) < 4.78 is 51.4. The number of nitrogens with one attached hydrogen (secondary N) is 2. The van der Waals surface area contributed by atoms with Gasteiger partial charge in [-0.25, -0.2) is 9.52 Å². The van der Waals surface area contributed by atoms with Crippen molar-refractivity contribution in [2.45, 2.75) is 5.03 Å². The summed E-state index contributed by atoms with van der Waals surface area (Å²) in [6.07, 6.45) is 1.30. The number of sulfonamides is 1. The number of imidazole rings is 1. The van der Waals surface area contributed by atoms with Crippen molar-refractivity contribution in [3.63, 3.8) is 0 Å². The molecular weight excluding hydrogens is 383 g/mol. The van der Waals surface area contributed by atoms with Gasteiger partial charge in [0.1, 0.15) is 5.65 Å². The highest BCUT2D eigenvalue weighted by molar-refractivity contribution is 7.90. The van der Waals surface area contributed by atoms with E-state index in [9.17, 15) is 17.6 Å². The SMILES string of the molecule is COc1cc(OC)nc(NC(=O)NS(=O)(=O)c2c(F)nc3ccccn23)n1. The topological polar surface area (TPSA) is 137 Å². The van der Waals surface area contributed by atoms with Crippen LogP contribution in [0.1, 0.15) is 0 Å². The second kappa shape index (κ2) is 7.03. The molecule has 0 aliphatic heterocycles. The summed E-state index contributed by atoms with van der Waals surface area (Å²) in [7, 11) is -1.91. The number of urea groups is 1. The second-order valence-corrected chi connectivity index (χ2v) is 6.57. The fraction of sp³-hybridized carbons (Fsp3) is 0.143. The van der Waals surface area contributed by atoms with E-state index in [1.807, 2.05) is 0 Å². The van der Waals surface area contributed by atoms with Gasteiger partial charge in [-0.05, 0) is 12.1 Å². The lowest BCUT2D eigenvalue weighted by molar-refractivity contribution is 0.256. The number of pyridine rings is 1. The van der Waals surface area contributed by atoms with Crippen LogP contribution in [0.2, 0.25) is 0 Å². The molecule has 0 unspecified atom stereocenters. The molecule has 3 heterocycles. The zero-order valence-electron chi connectivity index (χ0n) is 14.0. The van der Waals surface area contributed by atoms with Crippen LogP contribution in [0.3, 0.4) is 0 Å². The number of fused-ring (bicyclic) bond motifs is 1. The van der Waals surface area contributed by atoms with E-state index in [1.54, 1.807) is 10.8 Å². The van der Waals surface area contributed by atoms with Crippen LogP contribution >= 0.6 is 0 Å².